The number of carbonyl (C=O) groups excluding carboxylic acids is 1. The van der Waals surface area contributed by atoms with E-state index in [4.69, 9.17) is 0 Å². The van der Waals surface area contributed by atoms with Gasteiger partial charge in [-0.3, -0.25) is 4.79 Å². The largest absolute Gasteiger partial charge is 0.355 e. The van der Waals surface area contributed by atoms with Crippen molar-refractivity contribution in [1.29, 1.82) is 0 Å². The van der Waals surface area contributed by atoms with Crippen LogP contribution < -0.4 is 5.32 Å². The Bertz CT molecular complexity index is 834. The van der Waals surface area contributed by atoms with Crippen LogP contribution in [-0.2, 0) is 14.8 Å². The van der Waals surface area contributed by atoms with Crippen LogP contribution in [0.1, 0.15) is 12.8 Å². The molecule has 1 heterocycles. The summed E-state index contributed by atoms with van der Waals surface area (Å²) >= 11 is 1.71. The van der Waals surface area contributed by atoms with Crippen molar-refractivity contribution in [1.82, 2.24) is 9.62 Å². The number of hydrogen-bond acceptors (Lipinski definition) is 4. The second-order valence-corrected chi connectivity index (χ2v) is 9.55. The summed E-state index contributed by atoms with van der Waals surface area (Å²) < 4.78 is 26.7. The quantitative estimate of drug-likeness (QED) is 0.569. The zero-order valence-corrected chi connectivity index (χ0v) is 16.7. The SMILES string of the molecule is O=C(NCCSc1ccccc1)C1CCN(S(=O)(=O)c2ccccc2)CC1. The second-order valence-electron chi connectivity index (χ2n) is 6.44. The number of piperidine rings is 1. The summed E-state index contributed by atoms with van der Waals surface area (Å²) in [6, 6.07) is 18.5. The Kier molecular flexibility index (Phi) is 6.93. The predicted molar refractivity (Wildman–Crippen MR) is 108 cm³/mol. The molecule has 7 heteroatoms. The van der Waals surface area contributed by atoms with E-state index in [-0.39, 0.29) is 11.8 Å². The van der Waals surface area contributed by atoms with Crippen LogP contribution in [0.3, 0.4) is 0 Å². The highest BCUT2D eigenvalue weighted by molar-refractivity contribution is 7.99. The molecule has 3 rings (SSSR count). The van der Waals surface area contributed by atoms with Crippen LogP contribution in [0.5, 0.6) is 0 Å². The fourth-order valence-corrected chi connectivity index (χ4v) is 5.38. The first-order valence-corrected chi connectivity index (χ1v) is 11.5. The van der Waals surface area contributed by atoms with Crippen LogP contribution in [0.4, 0.5) is 0 Å². The number of carbonyl (C=O) groups is 1. The zero-order chi connectivity index (χ0) is 19.1. The minimum absolute atomic E-state index is 0.0282. The van der Waals surface area contributed by atoms with Gasteiger partial charge in [-0.25, -0.2) is 8.42 Å². The number of amides is 1. The van der Waals surface area contributed by atoms with Crippen molar-refractivity contribution in [2.75, 3.05) is 25.4 Å². The lowest BCUT2D eigenvalue weighted by Crippen LogP contribution is -2.43. The summed E-state index contributed by atoms with van der Waals surface area (Å²) in [5.41, 5.74) is 0. The number of rotatable bonds is 7. The van der Waals surface area contributed by atoms with Gasteiger partial charge in [0.25, 0.3) is 0 Å². The Morgan fingerprint density at radius 2 is 1.59 bits per heavy atom. The average Bonchev–Trinajstić information content (AvgIpc) is 2.72. The van der Waals surface area contributed by atoms with Crippen LogP contribution in [0.25, 0.3) is 0 Å². The Morgan fingerprint density at radius 1 is 1.00 bits per heavy atom. The van der Waals surface area contributed by atoms with Crippen LogP contribution in [0.15, 0.2) is 70.5 Å². The van der Waals surface area contributed by atoms with Crippen LogP contribution in [0.2, 0.25) is 0 Å². The lowest BCUT2D eigenvalue weighted by atomic mass is 9.97. The van der Waals surface area contributed by atoms with E-state index in [1.807, 2.05) is 18.2 Å². The molecule has 2 aromatic carbocycles. The van der Waals surface area contributed by atoms with E-state index in [1.54, 1.807) is 42.1 Å². The molecule has 1 aliphatic heterocycles. The number of hydrogen-bond donors (Lipinski definition) is 1. The van der Waals surface area contributed by atoms with E-state index < -0.39 is 10.0 Å². The lowest BCUT2D eigenvalue weighted by molar-refractivity contribution is -0.125. The molecule has 1 fully saturated rings. The summed E-state index contributed by atoms with van der Waals surface area (Å²) in [6.07, 6.45) is 1.12. The number of benzene rings is 2. The Hall–Kier alpha value is -1.83. The van der Waals surface area contributed by atoms with Gasteiger partial charge in [-0.1, -0.05) is 36.4 Å². The first kappa shape index (κ1) is 19.9. The third-order valence-corrected chi connectivity index (χ3v) is 7.55. The highest BCUT2D eigenvalue weighted by Crippen LogP contribution is 2.24. The smallest absolute Gasteiger partial charge is 0.243 e. The molecular formula is C20H24N2O3S2. The summed E-state index contributed by atoms with van der Waals surface area (Å²) in [5.74, 6) is 0.728. The average molecular weight is 405 g/mol. The molecule has 5 nitrogen and oxygen atoms in total. The first-order valence-electron chi connectivity index (χ1n) is 9.08. The van der Waals surface area contributed by atoms with E-state index in [0.29, 0.717) is 37.4 Å². The Morgan fingerprint density at radius 3 is 2.22 bits per heavy atom. The van der Waals surface area contributed by atoms with Gasteiger partial charge in [0, 0.05) is 36.2 Å². The second kappa shape index (κ2) is 9.39. The molecule has 2 aromatic rings. The van der Waals surface area contributed by atoms with E-state index in [9.17, 15) is 13.2 Å². The van der Waals surface area contributed by atoms with Gasteiger partial charge in [0.2, 0.25) is 15.9 Å². The molecule has 1 amide bonds. The highest BCUT2D eigenvalue weighted by atomic mass is 32.2. The minimum atomic E-state index is -3.46. The topological polar surface area (TPSA) is 66.5 Å². The molecule has 0 spiro atoms. The van der Waals surface area contributed by atoms with Crippen LogP contribution >= 0.6 is 11.8 Å². The number of nitrogens with zero attached hydrogens (tertiary/aromatic N) is 1. The first-order chi connectivity index (χ1) is 13.1. The number of sulfonamides is 1. The minimum Gasteiger partial charge on any atom is -0.355 e. The molecule has 27 heavy (non-hydrogen) atoms. The van der Waals surface area contributed by atoms with Gasteiger partial charge in [-0.05, 0) is 37.1 Å². The van der Waals surface area contributed by atoms with Crippen molar-refractivity contribution >= 4 is 27.7 Å². The molecule has 0 unspecified atom stereocenters. The fraction of sp³-hybridized carbons (Fsp3) is 0.350. The van der Waals surface area contributed by atoms with E-state index in [1.165, 1.54) is 9.20 Å². The van der Waals surface area contributed by atoms with Gasteiger partial charge in [0.1, 0.15) is 0 Å². The van der Waals surface area contributed by atoms with Crippen LogP contribution in [0, 0.1) is 5.92 Å². The van der Waals surface area contributed by atoms with Gasteiger partial charge < -0.3 is 5.32 Å². The highest BCUT2D eigenvalue weighted by Gasteiger charge is 2.31. The summed E-state index contributed by atoms with van der Waals surface area (Å²) in [4.78, 5) is 13.8. The Labute approximate surface area is 165 Å². The van der Waals surface area contributed by atoms with Gasteiger partial charge in [-0.15, -0.1) is 11.8 Å². The van der Waals surface area contributed by atoms with E-state index in [0.717, 1.165) is 5.75 Å². The van der Waals surface area contributed by atoms with Crippen molar-refractivity contribution < 1.29 is 13.2 Å². The lowest BCUT2D eigenvalue weighted by Gasteiger charge is -2.30. The van der Waals surface area contributed by atoms with Crippen molar-refractivity contribution in [3.63, 3.8) is 0 Å². The van der Waals surface area contributed by atoms with Crippen molar-refractivity contribution in [3.05, 3.63) is 60.7 Å². The molecule has 0 bridgehead atoms. The maximum absolute atomic E-state index is 12.6. The Balaban J connectivity index is 1.43. The number of thioether (sulfide) groups is 1. The molecule has 1 N–H and O–H groups in total. The van der Waals surface area contributed by atoms with Gasteiger partial charge in [0.05, 0.1) is 4.90 Å². The monoisotopic (exact) mass is 404 g/mol. The maximum atomic E-state index is 12.6. The van der Waals surface area contributed by atoms with Gasteiger partial charge in [-0.2, -0.15) is 4.31 Å². The third kappa shape index (κ3) is 5.34. The summed E-state index contributed by atoms with van der Waals surface area (Å²) in [6.45, 7) is 1.38. The molecule has 0 radical (unpaired) electrons. The number of nitrogens with one attached hydrogen (secondary N) is 1. The standard InChI is InChI=1S/C20H24N2O3S2/c23-20(21-13-16-26-18-7-3-1-4-8-18)17-11-14-22(15-12-17)27(24,25)19-9-5-2-6-10-19/h1-10,17H,11-16H2,(H,21,23). The maximum Gasteiger partial charge on any atom is 0.243 e. The summed E-state index contributed by atoms with van der Waals surface area (Å²) in [7, 11) is -3.46. The van der Waals surface area contributed by atoms with E-state index >= 15 is 0 Å². The zero-order valence-electron chi connectivity index (χ0n) is 15.1. The third-order valence-electron chi connectivity index (χ3n) is 4.62. The predicted octanol–water partition coefficient (Wildman–Crippen LogP) is 3.00. The van der Waals surface area contributed by atoms with Crippen LogP contribution in [-0.4, -0.2) is 44.0 Å². The van der Waals surface area contributed by atoms with Crippen molar-refractivity contribution in [2.45, 2.75) is 22.6 Å². The normalized spacial score (nSPS) is 16.1. The molecule has 0 aromatic heterocycles. The van der Waals surface area contributed by atoms with E-state index in [2.05, 4.69) is 17.4 Å². The van der Waals surface area contributed by atoms with Gasteiger partial charge >= 0.3 is 0 Å². The summed E-state index contributed by atoms with van der Waals surface area (Å²) in [5, 5.41) is 2.98. The molecule has 0 atom stereocenters. The fourth-order valence-electron chi connectivity index (χ4n) is 3.10. The van der Waals surface area contributed by atoms with Crippen molar-refractivity contribution in [2.24, 2.45) is 5.92 Å². The molecule has 0 aliphatic carbocycles. The van der Waals surface area contributed by atoms with Gasteiger partial charge in [0.15, 0.2) is 0 Å². The molecule has 1 aliphatic rings. The molecule has 1 saturated heterocycles. The molecular weight excluding hydrogens is 380 g/mol. The molecule has 144 valence electrons. The van der Waals surface area contributed by atoms with Crippen molar-refractivity contribution in [3.8, 4) is 0 Å². The molecule has 0 saturated carbocycles.